The second-order valence-electron chi connectivity index (χ2n) is 9.64. The first-order chi connectivity index (χ1) is 17.9. The van der Waals surface area contributed by atoms with Crippen molar-refractivity contribution >= 4 is 17.2 Å². The number of fused-ring (bicyclic) bond motifs is 1. The van der Waals surface area contributed by atoms with E-state index in [0.717, 1.165) is 22.6 Å². The van der Waals surface area contributed by atoms with Crippen LogP contribution in [0.15, 0.2) is 71.9 Å². The van der Waals surface area contributed by atoms with Gasteiger partial charge in [-0.25, -0.2) is 0 Å². The Morgan fingerprint density at radius 3 is 2.38 bits per heavy atom. The number of methoxy groups -OCH3 is 2. The molecule has 3 aromatic rings. The van der Waals surface area contributed by atoms with Gasteiger partial charge in [0.05, 0.1) is 37.7 Å². The first-order valence-corrected chi connectivity index (χ1v) is 12.5. The molecule has 5 rings (SSSR count). The summed E-state index contributed by atoms with van der Waals surface area (Å²) in [6.07, 6.45) is 0.996. The average molecular weight is 501 g/mol. The van der Waals surface area contributed by atoms with Crippen LogP contribution in [0.1, 0.15) is 49.8 Å². The maximum absolute atomic E-state index is 13.8. The summed E-state index contributed by atoms with van der Waals surface area (Å²) in [4.78, 5) is 13.8. The number of para-hydroxylation sites is 3. The number of ketones is 1. The largest absolute Gasteiger partial charge is 0.504 e. The average Bonchev–Trinajstić information content (AvgIpc) is 3.05. The molecule has 7 nitrogen and oxygen atoms in total. The fourth-order valence-electron chi connectivity index (χ4n) is 5.19. The van der Waals surface area contributed by atoms with Crippen LogP contribution in [0, 0.1) is 0 Å². The standard InChI is InChI=1S/C30H32N2O5/c1-17(2)37-25-13-12-18(16-27(25)36-4)19-14-23-28(24(33)15-19)29(20-8-7-11-26(35-3)30(20)34)32-22-10-6-5-9-21(22)31-23/h5-13,16-17,19,29,31-32,34H,14-15H2,1-4H3. The van der Waals surface area contributed by atoms with Gasteiger partial charge in [0.1, 0.15) is 0 Å². The minimum absolute atomic E-state index is 0.0211. The van der Waals surface area contributed by atoms with Crippen molar-refractivity contribution < 1.29 is 24.1 Å². The van der Waals surface area contributed by atoms with E-state index in [1.807, 2.05) is 68.4 Å². The highest BCUT2D eigenvalue weighted by atomic mass is 16.5. The lowest BCUT2D eigenvalue weighted by atomic mass is 9.78. The highest BCUT2D eigenvalue weighted by molar-refractivity contribution is 6.01. The number of hydrogen-bond donors (Lipinski definition) is 3. The zero-order valence-corrected chi connectivity index (χ0v) is 21.5. The minimum Gasteiger partial charge on any atom is -0.504 e. The van der Waals surface area contributed by atoms with Crippen LogP contribution in [0.5, 0.6) is 23.0 Å². The summed E-state index contributed by atoms with van der Waals surface area (Å²) < 4.78 is 16.8. The first-order valence-electron chi connectivity index (χ1n) is 12.5. The maximum atomic E-state index is 13.8. The van der Waals surface area contributed by atoms with E-state index >= 15 is 0 Å². The quantitative estimate of drug-likeness (QED) is 0.373. The lowest BCUT2D eigenvalue weighted by Crippen LogP contribution is -2.27. The van der Waals surface area contributed by atoms with E-state index < -0.39 is 6.04 Å². The van der Waals surface area contributed by atoms with Crippen molar-refractivity contribution in [3.63, 3.8) is 0 Å². The maximum Gasteiger partial charge on any atom is 0.163 e. The number of carbonyl (C=O) groups excluding carboxylic acids is 1. The van der Waals surface area contributed by atoms with Gasteiger partial charge in [-0.1, -0.05) is 30.3 Å². The van der Waals surface area contributed by atoms with Crippen LogP contribution in [0.3, 0.4) is 0 Å². The van der Waals surface area contributed by atoms with Crippen molar-refractivity contribution in [3.05, 3.63) is 83.1 Å². The number of allylic oxidation sites excluding steroid dienone is 1. The molecule has 0 saturated carbocycles. The molecule has 3 aromatic carbocycles. The Morgan fingerprint density at radius 1 is 0.892 bits per heavy atom. The van der Waals surface area contributed by atoms with E-state index in [0.29, 0.717) is 41.2 Å². The van der Waals surface area contributed by atoms with Crippen LogP contribution in [0.2, 0.25) is 0 Å². The number of Topliss-reactive ketones (excluding diaryl/α,β-unsaturated/α-hetero) is 1. The zero-order valence-electron chi connectivity index (χ0n) is 21.5. The van der Waals surface area contributed by atoms with E-state index in [9.17, 15) is 9.90 Å². The third kappa shape index (κ3) is 4.69. The Balaban J connectivity index is 1.57. The molecule has 0 amide bonds. The molecule has 3 N–H and O–H groups in total. The SMILES string of the molecule is COc1cc(C2CC(=O)C3=C(C2)Nc2ccccc2NC3c2cccc(OC)c2O)ccc1OC(C)C. The number of aromatic hydroxyl groups is 1. The molecule has 1 aliphatic carbocycles. The number of hydrogen-bond acceptors (Lipinski definition) is 7. The summed E-state index contributed by atoms with van der Waals surface area (Å²) in [6, 6.07) is 18.6. The topological polar surface area (TPSA) is 89.1 Å². The summed E-state index contributed by atoms with van der Waals surface area (Å²) in [5, 5.41) is 18.0. The minimum atomic E-state index is -0.536. The van der Waals surface area contributed by atoms with Crippen LogP contribution in [-0.4, -0.2) is 31.2 Å². The lowest BCUT2D eigenvalue weighted by molar-refractivity contribution is -0.116. The third-order valence-corrected chi connectivity index (χ3v) is 6.89. The van der Waals surface area contributed by atoms with Crippen molar-refractivity contribution in [2.75, 3.05) is 24.9 Å². The van der Waals surface area contributed by atoms with Gasteiger partial charge in [0.2, 0.25) is 0 Å². The van der Waals surface area contributed by atoms with E-state index in [1.54, 1.807) is 13.2 Å². The summed E-state index contributed by atoms with van der Waals surface area (Å²) >= 11 is 0. The van der Waals surface area contributed by atoms with Gasteiger partial charge in [0.15, 0.2) is 28.8 Å². The smallest absolute Gasteiger partial charge is 0.163 e. The normalized spacial score (nSPS) is 18.8. The van der Waals surface area contributed by atoms with Gasteiger partial charge >= 0.3 is 0 Å². The Labute approximate surface area is 217 Å². The molecule has 0 spiro atoms. The van der Waals surface area contributed by atoms with Crippen molar-refractivity contribution in [1.29, 1.82) is 0 Å². The third-order valence-electron chi connectivity index (χ3n) is 6.89. The second kappa shape index (κ2) is 10.1. The van der Waals surface area contributed by atoms with Crippen LogP contribution < -0.4 is 24.8 Å². The summed E-state index contributed by atoms with van der Waals surface area (Å²) in [6.45, 7) is 3.95. The van der Waals surface area contributed by atoms with Crippen LogP contribution >= 0.6 is 0 Å². The molecule has 0 fully saturated rings. The highest BCUT2D eigenvalue weighted by Crippen LogP contribution is 2.47. The number of carbonyl (C=O) groups is 1. The molecular weight excluding hydrogens is 468 g/mol. The Bertz CT molecular complexity index is 1360. The van der Waals surface area contributed by atoms with Crippen LogP contribution in [0.4, 0.5) is 11.4 Å². The zero-order chi connectivity index (χ0) is 26.1. The Morgan fingerprint density at radius 2 is 1.65 bits per heavy atom. The first kappa shape index (κ1) is 24.6. The summed E-state index contributed by atoms with van der Waals surface area (Å²) in [5.41, 5.74) is 4.81. The molecule has 2 atom stereocenters. The summed E-state index contributed by atoms with van der Waals surface area (Å²) in [7, 11) is 3.14. The van der Waals surface area contributed by atoms with Gasteiger partial charge in [0, 0.05) is 23.3 Å². The predicted molar refractivity (Wildman–Crippen MR) is 144 cm³/mol. The molecule has 192 valence electrons. The molecule has 1 heterocycles. The van der Waals surface area contributed by atoms with Crippen molar-refractivity contribution in [3.8, 4) is 23.0 Å². The number of phenolic OH excluding ortho intramolecular Hbond substituents is 1. The molecule has 7 heteroatoms. The van der Waals surface area contributed by atoms with E-state index in [1.165, 1.54) is 7.11 Å². The van der Waals surface area contributed by atoms with E-state index in [2.05, 4.69) is 10.6 Å². The fourth-order valence-corrected chi connectivity index (χ4v) is 5.19. The Hall–Kier alpha value is -4.13. The van der Waals surface area contributed by atoms with Gasteiger partial charge in [-0.2, -0.15) is 0 Å². The molecule has 0 bridgehead atoms. The van der Waals surface area contributed by atoms with E-state index in [4.69, 9.17) is 14.2 Å². The van der Waals surface area contributed by atoms with Crippen molar-refractivity contribution in [2.24, 2.45) is 0 Å². The number of nitrogens with one attached hydrogen (secondary N) is 2. The highest BCUT2D eigenvalue weighted by Gasteiger charge is 2.37. The van der Waals surface area contributed by atoms with Gasteiger partial charge < -0.3 is 30.0 Å². The fraction of sp³-hybridized carbons (Fsp3) is 0.300. The second-order valence-corrected chi connectivity index (χ2v) is 9.64. The lowest BCUT2D eigenvalue weighted by Gasteiger charge is -2.30. The molecular formula is C30H32N2O5. The van der Waals surface area contributed by atoms with Crippen molar-refractivity contribution in [2.45, 2.75) is 44.8 Å². The van der Waals surface area contributed by atoms with Crippen LogP contribution in [-0.2, 0) is 4.79 Å². The van der Waals surface area contributed by atoms with Gasteiger partial charge in [-0.3, -0.25) is 4.79 Å². The number of anilines is 2. The van der Waals surface area contributed by atoms with Crippen LogP contribution in [0.25, 0.3) is 0 Å². The van der Waals surface area contributed by atoms with Gasteiger partial charge in [-0.15, -0.1) is 0 Å². The van der Waals surface area contributed by atoms with E-state index in [-0.39, 0.29) is 23.6 Å². The Kier molecular flexibility index (Phi) is 6.70. The summed E-state index contributed by atoms with van der Waals surface area (Å²) in [5.74, 6) is 1.71. The molecule has 0 radical (unpaired) electrons. The molecule has 2 aliphatic rings. The number of rotatable bonds is 6. The molecule has 0 aromatic heterocycles. The predicted octanol–water partition coefficient (Wildman–Crippen LogP) is 6.18. The van der Waals surface area contributed by atoms with Gasteiger partial charge in [0.25, 0.3) is 0 Å². The number of ether oxygens (including phenoxy) is 3. The monoisotopic (exact) mass is 500 g/mol. The molecule has 0 saturated heterocycles. The molecule has 1 aliphatic heterocycles. The number of phenols is 1. The van der Waals surface area contributed by atoms with Crippen molar-refractivity contribution in [1.82, 2.24) is 0 Å². The van der Waals surface area contributed by atoms with Gasteiger partial charge in [-0.05, 0) is 62.1 Å². The molecule has 37 heavy (non-hydrogen) atoms. The molecule has 2 unspecified atom stereocenters. The number of benzene rings is 3.